The van der Waals surface area contributed by atoms with Crippen molar-refractivity contribution in [2.24, 2.45) is 5.92 Å². The third-order valence-electron chi connectivity index (χ3n) is 4.11. The van der Waals surface area contributed by atoms with E-state index in [-0.39, 0.29) is 5.92 Å². The number of β-lactam (4-membered cyclic amide) rings is 1. The predicted molar refractivity (Wildman–Crippen MR) is 86.8 cm³/mol. The number of likely N-dealkylation sites (tertiary alicyclic amines) is 1. The van der Waals surface area contributed by atoms with E-state index in [0.717, 1.165) is 13.0 Å². The van der Waals surface area contributed by atoms with Crippen LogP contribution in [0.25, 0.3) is 0 Å². The highest BCUT2D eigenvalue weighted by Gasteiger charge is 2.42. The van der Waals surface area contributed by atoms with E-state index in [1.54, 1.807) is 11.8 Å². The summed E-state index contributed by atoms with van der Waals surface area (Å²) in [4.78, 5) is 13.8. The number of rotatable bonds is 8. The van der Waals surface area contributed by atoms with Gasteiger partial charge in [0.05, 0.1) is 11.3 Å². The van der Waals surface area contributed by atoms with Gasteiger partial charge in [-0.05, 0) is 31.1 Å². The van der Waals surface area contributed by atoms with Gasteiger partial charge >= 0.3 is 0 Å². The van der Waals surface area contributed by atoms with Crippen molar-refractivity contribution in [3.8, 4) is 0 Å². The van der Waals surface area contributed by atoms with Crippen LogP contribution in [-0.2, 0) is 11.2 Å². The Kier molecular flexibility index (Phi) is 5.96. The lowest BCUT2D eigenvalue weighted by atomic mass is 10.00. The van der Waals surface area contributed by atoms with Crippen molar-refractivity contribution < 1.29 is 4.79 Å². The number of carbonyl (C=O) groups excluding carboxylic acids is 1. The fourth-order valence-corrected chi connectivity index (χ4v) is 3.86. The average Bonchev–Trinajstić information content (AvgIpc) is 2.49. The minimum Gasteiger partial charge on any atom is -0.330 e. The molecular weight excluding hydrogens is 266 g/mol. The van der Waals surface area contributed by atoms with Gasteiger partial charge < -0.3 is 4.90 Å². The summed E-state index contributed by atoms with van der Waals surface area (Å²) in [5.74, 6) is 0.566. The maximum atomic E-state index is 11.7. The van der Waals surface area contributed by atoms with Gasteiger partial charge in [0.25, 0.3) is 0 Å². The third kappa shape index (κ3) is 3.78. The number of carbonyl (C=O) groups is 1. The van der Waals surface area contributed by atoms with Gasteiger partial charge in [0.15, 0.2) is 0 Å². The van der Waals surface area contributed by atoms with Crippen LogP contribution in [0.2, 0.25) is 0 Å². The number of hydrogen-bond acceptors (Lipinski definition) is 2. The summed E-state index contributed by atoms with van der Waals surface area (Å²) >= 11 is 1.80. The van der Waals surface area contributed by atoms with Crippen LogP contribution in [0.5, 0.6) is 0 Å². The Hall–Kier alpha value is -0.960. The zero-order valence-electron chi connectivity index (χ0n) is 12.5. The van der Waals surface area contributed by atoms with Crippen LogP contribution in [0.3, 0.4) is 0 Å². The molecular formula is C17H25NOS. The van der Waals surface area contributed by atoms with E-state index < -0.39 is 0 Å². The van der Waals surface area contributed by atoms with E-state index in [2.05, 4.69) is 36.6 Å². The molecule has 20 heavy (non-hydrogen) atoms. The molecule has 2 rings (SSSR count). The second kappa shape index (κ2) is 7.72. The van der Waals surface area contributed by atoms with Crippen molar-refractivity contribution in [2.45, 2.75) is 44.4 Å². The Bertz CT molecular complexity index is 420. The van der Waals surface area contributed by atoms with E-state index in [1.165, 1.54) is 31.2 Å². The average molecular weight is 291 g/mol. The molecule has 2 atom stereocenters. The normalized spacial score (nSPS) is 21.9. The summed E-state index contributed by atoms with van der Waals surface area (Å²) in [5.41, 5.74) is 1.43. The molecule has 0 unspecified atom stereocenters. The monoisotopic (exact) mass is 291 g/mol. The van der Waals surface area contributed by atoms with Gasteiger partial charge in [-0.3, -0.25) is 4.79 Å². The summed E-state index contributed by atoms with van der Waals surface area (Å²) in [6.07, 6.45) is 8.15. The highest BCUT2D eigenvalue weighted by molar-refractivity contribution is 7.99. The fraction of sp³-hybridized carbons (Fsp3) is 0.588. The van der Waals surface area contributed by atoms with Gasteiger partial charge in [-0.25, -0.2) is 0 Å². The zero-order valence-corrected chi connectivity index (χ0v) is 13.4. The smallest absolute Gasteiger partial charge is 0.229 e. The molecule has 1 aromatic carbocycles. The largest absolute Gasteiger partial charge is 0.330 e. The molecule has 3 heteroatoms. The Labute approximate surface area is 126 Å². The van der Waals surface area contributed by atoms with Gasteiger partial charge in [0, 0.05) is 6.54 Å². The first-order valence-corrected chi connectivity index (χ1v) is 8.90. The van der Waals surface area contributed by atoms with Crippen LogP contribution in [0.4, 0.5) is 0 Å². The number of hydrogen-bond donors (Lipinski definition) is 0. The highest BCUT2D eigenvalue weighted by Crippen LogP contribution is 2.33. The second-order valence-corrected chi connectivity index (χ2v) is 6.55. The minimum atomic E-state index is 0.225. The van der Waals surface area contributed by atoms with E-state index in [0.29, 0.717) is 11.3 Å². The van der Waals surface area contributed by atoms with Gasteiger partial charge in [0.2, 0.25) is 5.91 Å². The minimum absolute atomic E-state index is 0.225. The summed E-state index contributed by atoms with van der Waals surface area (Å²) in [5, 5.41) is 0.423. The molecule has 1 aliphatic heterocycles. The first kappa shape index (κ1) is 15.4. The quantitative estimate of drug-likeness (QED) is 0.534. The van der Waals surface area contributed by atoms with Crippen molar-refractivity contribution in [1.29, 1.82) is 0 Å². The van der Waals surface area contributed by atoms with E-state index in [1.807, 2.05) is 11.8 Å². The van der Waals surface area contributed by atoms with Crippen LogP contribution >= 0.6 is 11.8 Å². The van der Waals surface area contributed by atoms with Gasteiger partial charge in [-0.1, -0.05) is 50.1 Å². The molecule has 1 fully saturated rings. The number of nitrogens with zero attached hydrogens (tertiary/aromatic N) is 1. The highest BCUT2D eigenvalue weighted by atomic mass is 32.2. The van der Waals surface area contributed by atoms with E-state index in [9.17, 15) is 4.79 Å². The van der Waals surface area contributed by atoms with Crippen LogP contribution in [0.1, 0.15) is 38.2 Å². The maximum absolute atomic E-state index is 11.7. The first-order chi connectivity index (χ1) is 9.74. The lowest BCUT2D eigenvalue weighted by Gasteiger charge is -2.45. The standard InChI is InChI=1S/C17H25NOS/c1-14-16(19)18(17(14)20-2)13-9-4-3-6-10-15-11-7-5-8-12-15/h5,7-8,11-12,14,17H,3-4,6,9-10,13H2,1-2H3/t14-,17+/m1/s1. The topological polar surface area (TPSA) is 20.3 Å². The molecule has 2 nitrogen and oxygen atoms in total. The molecule has 0 aliphatic carbocycles. The second-order valence-electron chi connectivity index (χ2n) is 5.60. The molecule has 1 heterocycles. The van der Waals surface area contributed by atoms with E-state index >= 15 is 0 Å². The molecule has 1 aromatic rings. The van der Waals surface area contributed by atoms with Crippen molar-refractivity contribution in [2.75, 3.05) is 12.8 Å². The maximum Gasteiger partial charge on any atom is 0.229 e. The molecule has 0 saturated carbocycles. The number of unbranched alkanes of at least 4 members (excludes halogenated alkanes) is 3. The van der Waals surface area contributed by atoms with Gasteiger partial charge in [-0.15, -0.1) is 11.8 Å². The first-order valence-electron chi connectivity index (χ1n) is 7.61. The molecule has 1 aliphatic rings. The third-order valence-corrected chi connectivity index (χ3v) is 5.25. The van der Waals surface area contributed by atoms with Crippen molar-refractivity contribution in [3.63, 3.8) is 0 Å². The molecule has 1 amide bonds. The molecule has 110 valence electrons. The molecule has 0 N–H and O–H groups in total. The predicted octanol–water partition coefficient (Wildman–Crippen LogP) is 3.96. The van der Waals surface area contributed by atoms with Crippen LogP contribution in [0, 0.1) is 5.92 Å². The summed E-state index contributed by atoms with van der Waals surface area (Å²) in [6, 6.07) is 10.7. The molecule has 0 bridgehead atoms. The summed E-state index contributed by atoms with van der Waals surface area (Å²) in [7, 11) is 0. The van der Waals surface area contributed by atoms with Crippen molar-refractivity contribution >= 4 is 17.7 Å². The van der Waals surface area contributed by atoms with Gasteiger partial charge in [-0.2, -0.15) is 0 Å². The van der Waals surface area contributed by atoms with Crippen LogP contribution in [-0.4, -0.2) is 29.0 Å². The Morgan fingerprint density at radius 2 is 1.80 bits per heavy atom. The number of aryl methyl sites for hydroxylation is 1. The Morgan fingerprint density at radius 3 is 2.50 bits per heavy atom. The molecule has 0 spiro atoms. The number of thioether (sulfide) groups is 1. The van der Waals surface area contributed by atoms with Gasteiger partial charge in [0.1, 0.15) is 0 Å². The Balaban J connectivity index is 1.55. The van der Waals surface area contributed by atoms with Crippen molar-refractivity contribution in [3.05, 3.63) is 35.9 Å². The summed E-state index contributed by atoms with van der Waals surface area (Å²) < 4.78 is 0. The molecule has 0 radical (unpaired) electrons. The van der Waals surface area contributed by atoms with Crippen LogP contribution < -0.4 is 0 Å². The molecule has 1 saturated heterocycles. The number of benzene rings is 1. The Morgan fingerprint density at radius 1 is 1.10 bits per heavy atom. The number of amides is 1. The lowest BCUT2D eigenvalue weighted by molar-refractivity contribution is -0.149. The zero-order chi connectivity index (χ0) is 14.4. The molecule has 0 aromatic heterocycles. The fourth-order valence-electron chi connectivity index (χ4n) is 2.88. The van der Waals surface area contributed by atoms with E-state index in [4.69, 9.17) is 0 Å². The van der Waals surface area contributed by atoms with Crippen molar-refractivity contribution in [1.82, 2.24) is 4.90 Å². The summed E-state index contributed by atoms with van der Waals surface area (Å²) in [6.45, 7) is 2.99. The van der Waals surface area contributed by atoms with Crippen LogP contribution in [0.15, 0.2) is 30.3 Å². The SMILES string of the molecule is CS[C@H]1[C@H](C)C(=O)N1CCCCCCc1ccccc1. The lowest BCUT2D eigenvalue weighted by Crippen LogP contribution is -2.58.